The molecule has 3 nitrogen and oxygen atoms in total. The fourth-order valence-corrected chi connectivity index (χ4v) is 2.10. The summed E-state index contributed by atoms with van der Waals surface area (Å²) in [5.41, 5.74) is 0. The molecule has 0 bridgehead atoms. The van der Waals surface area contributed by atoms with Crippen LogP contribution in [0, 0.1) is 0 Å². The molecule has 0 spiro atoms. The Hall–Kier alpha value is 0.0748. The maximum absolute atomic E-state index is 2.54. The van der Waals surface area contributed by atoms with Crippen molar-refractivity contribution < 1.29 is 0 Å². The molecule has 0 N–H and O–H groups in total. The molecule has 0 aromatic heterocycles. The van der Waals surface area contributed by atoms with Crippen molar-refractivity contribution in [3.05, 3.63) is 0 Å². The van der Waals surface area contributed by atoms with E-state index in [0.717, 1.165) is 22.6 Å². The summed E-state index contributed by atoms with van der Waals surface area (Å²) < 4.78 is 7.60. The van der Waals surface area contributed by atoms with Crippen LogP contribution in [0.4, 0.5) is 0 Å². The van der Waals surface area contributed by atoms with E-state index in [1.807, 2.05) is 0 Å². The molecule has 0 amide bonds. The van der Waals surface area contributed by atoms with Crippen molar-refractivity contribution in [1.29, 1.82) is 0 Å². The molecule has 1 heterocycles. The first-order valence-corrected chi connectivity index (χ1v) is 5.97. The lowest BCUT2D eigenvalue weighted by molar-refractivity contribution is 0.481. The summed E-state index contributed by atoms with van der Waals surface area (Å²) >= 11 is 0. The standard InChI is InChI=1S/C8H22B3N3/c1-4-7-13-9-12(6-3)10-14(11-13)8-5-2/h9-11H,4-8H2,1-3H3. The van der Waals surface area contributed by atoms with E-state index < -0.39 is 0 Å². The molecule has 0 atom stereocenters. The van der Waals surface area contributed by atoms with Crippen molar-refractivity contribution in [3.63, 3.8) is 0 Å². The van der Waals surface area contributed by atoms with Crippen molar-refractivity contribution in [3.8, 4) is 0 Å². The molecule has 1 fully saturated rings. The summed E-state index contributed by atoms with van der Waals surface area (Å²) in [4.78, 5) is 0. The average Bonchev–Trinajstić information content (AvgIpc) is 2.18. The molecular weight excluding hydrogens is 171 g/mol. The van der Waals surface area contributed by atoms with Crippen molar-refractivity contribution in [1.82, 2.24) is 14.2 Å². The summed E-state index contributed by atoms with van der Waals surface area (Å²) in [7, 11) is 3.48. The largest absolute Gasteiger partial charge is 0.363 e. The molecule has 14 heavy (non-hydrogen) atoms. The Labute approximate surface area is 90.7 Å². The average molecular weight is 193 g/mol. The highest BCUT2D eigenvalue weighted by atomic mass is 15.3. The van der Waals surface area contributed by atoms with Gasteiger partial charge in [0.15, 0.2) is 0 Å². The monoisotopic (exact) mass is 193 g/mol. The van der Waals surface area contributed by atoms with Crippen LogP contribution in [-0.4, -0.2) is 56.4 Å². The predicted octanol–water partition coefficient (Wildman–Crippen LogP) is -0.455. The van der Waals surface area contributed by atoms with Gasteiger partial charge in [-0.3, -0.25) is 0 Å². The number of hydrogen-bond donors (Lipinski definition) is 0. The van der Waals surface area contributed by atoms with Gasteiger partial charge in [-0.1, -0.05) is 20.8 Å². The second-order valence-electron chi connectivity index (χ2n) is 4.20. The van der Waals surface area contributed by atoms with Gasteiger partial charge in [0.05, 0.1) is 0 Å². The summed E-state index contributed by atoms with van der Waals surface area (Å²) in [6.45, 7) is 10.4. The van der Waals surface area contributed by atoms with E-state index in [-0.39, 0.29) is 0 Å². The molecule has 0 aromatic rings. The topological polar surface area (TPSA) is 9.72 Å². The van der Waals surface area contributed by atoms with E-state index in [1.165, 1.54) is 32.5 Å². The first-order valence-electron chi connectivity index (χ1n) is 5.97. The van der Waals surface area contributed by atoms with E-state index in [2.05, 4.69) is 34.9 Å². The zero-order valence-corrected chi connectivity index (χ0v) is 10.00. The van der Waals surface area contributed by atoms with Gasteiger partial charge in [-0.15, -0.1) is 0 Å². The Morgan fingerprint density at radius 2 is 1.14 bits per heavy atom. The maximum Gasteiger partial charge on any atom is 0.270 e. The maximum atomic E-state index is 2.54. The first kappa shape index (κ1) is 12.1. The van der Waals surface area contributed by atoms with Crippen LogP contribution in [0.2, 0.25) is 0 Å². The number of hydrogen-bond acceptors (Lipinski definition) is 3. The Morgan fingerprint density at radius 1 is 0.714 bits per heavy atom. The van der Waals surface area contributed by atoms with Crippen LogP contribution in [0.3, 0.4) is 0 Å². The molecule has 1 aliphatic rings. The van der Waals surface area contributed by atoms with Gasteiger partial charge in [-0.25, -0.2) is 0 Å². The predicted molar refractivity (Wildman–Crippen MR) is 67.8 cm³/mol. The highest BCUT2D eigenvalue weighted by molar-refractivity contribution is 6.64. The molecule has 0 saturated carbocycles. The van der Waals surface area contributed by atoms with Crippen LogP contribution in [0.5, 0.6) is 0 Å². The third kappa shape index (κ3) is 3.67. The Balaban J connectivity index is 2.39. The molecule has 0 aliphatic carbocycles. The lowest BCUT2D eigenvalue weighted by Gasteiger charge is -2.39. The SMILES string of the molecule is CCCN1BN(CC)BN(CCC)B1. The Morgan fingerprint density at radius 3 is 1.50 bits per heavy atom. The fraction of sp³-hybridized carbons (Fsp3) is 1.00. The lowest BCUT2D eigenvalue weighted by Crippen LogP contribution is -2.61. The first-order chi connectivity index (χ1) is 6.80. The minimum atomic E-state index is 1.16. The van der Waals surface area contributed by atoms with Crippen molar-refractivity contribution in [2.45, 2.75) is 33.6 Å². The number of rotatable bonds is 5. The highest BCUT2D eigenvalue weighted by Gasteiger charge is 2.25. The second kappa shape index (κ2) is 6.54. The lowest BCUT2D eigenvalue weighted by atomic mass is 9.73. The summed E-state index contributed by atoms with van der Waals surface area (Å²) in [5, 5.41) is 0. The fourth-order valence-electron chi connectivity index (χ4n) is 2.10. The molecule has 6 heteroatoms. The van der Waals surface area contributed by atoms with Crippen LogP contribution < -0.4 is 0 Å². The van der Waals surface area contributed by atoms with Gasteiger partial charge in [0.1, 0.15) is 0 Å². The summed E-state index contributed by atoms with van der Waals surface area (Å²) in [6.07, 6.45) is 2.52. The van der Waals surface area contributed by atoms with Crippen molar-refractivity contribution in [2.24, 2.45) is 0 Å². The van der Waals surface area contributed by atoms with E-state index in [1.54, 1.807) is 0 Å². The zero-order valence-electron chi connectivity index (χ0n) is 10.00. The minimum absolute atomic E-state index is 1.16. The molecule has 0 aromatic carbocycles. The van der Waals surface area contributed by atoms with Crippen LogP contribution in [0.25, 0.3) is 0 Å². The van der Waals surface area contributed by atoms with Crippen LogP contribution >= 0.6 is 0 Å². The van der Waals surface area contributed by atoms with E-state index in [4.69, 9.17) is 0 Å². The van der Waals surface area contributed by atoms with Gasteiger partial charge in [0.2, 0.25) is 0 Å². The molecule has 78 valence electrons. The molecule has 1 saturated heterocycles. The van der Waals surface area contributed by atoms with Gasteiger partial charge in [-0.2, -0.15) is 0 Å². The van der Waals surface area contributed by atoms with Gasteiger partial charge in [-0.05, 0) is 32.5 Å². The van der Waals surface area contributed by atoms with Crippen LogP contribution in [-0.2, 0) is 0 Å². The van der Waals surface area contributed by atoms with Gasteiger partial charge in [0.25, 0.3) is 22.6 Å². The van der Waals surface area contributed by atoms with Crippen molar-refractivity contribution >= 4 is 22.6 Å². The van der Waals surface area contributed by atoms with E-state index >= 15 is 0 Å². The van der Waals surface area contributed by atoms with Gasteiger partial charge >= 0.3 is 0 Å². The summed E-state index contributed by atoms with van der Waals surface area (Å²) in [6, 6.07) is 0. The normalized spacial score (nSPS) is 19.9. The Kier molecular flexibility index (Phi) is 5.67. The second-order valence-corrected chi connectivity index (χ2v) is 4.20. The molecule has 1 rings (SSSR count). The van der Waals surface area contributed by atoms with Crippen LogP contribution in [0.15, 0.2) is 0 Å². The highest BCUT2D eigenvalue weighted by Crippen LogP contribution is 2.02. The third-order valence-corrected chi connectivity index (χ3v) is 2.73. The quantitative estimate of drug-likeness (QED) is 0.547. The molecular formula is C8H22B3N3. The van der Waals surface area contributed by atoms with E-state index in [0.29, 0.717) is 0 Å². The minimum Gasteiger partial charge on any atom is -0.363 e. The summed E-state index contributed by atoms with van der Waals surface area (Å²) in [5.74, 6) is 0. The molecule has 0 unspecified atom stereocenters. The Bertz CT molecular complexity index is 145. The van der Waals surface area contributed by atoms with Crippen LogP contribution in [0.1, 0.15) is 33.6 Å². The van der Waals surface area contributed by atoms with Gasteiger partial charge in [0, 0.05) is 0 Å². The molecule has 0 radical (unpaired) electrons. The van der Waals surface area contributed by atoms with Gasteiger partial charge < -0.3 is 14.2 Å². The van der Waals surface area contributed by atoms with E-state index in [9.17, 15) is 0 Å². The zero-order chi connectivity index (χ0) is 10.4. The number of nitrogens with zero attached hydrogens (tertiary/aromatic N) is 3. The third-order valence-electron chi connectivity index (χ3n) is 2.73. The smallest absolute Gasteiger partial charge is 0.270 e. The van der Waals surface area contributed by atoms with Crippen molar-refractivity contribution in [2.75, 3.05) is 19.6 Å². The molecule has 1 aliphatic heterocycles.